The largest absolute Gasteiger partial charge is 0.305 e. The first-order chi connectivity index (χ1) is 18.5. The molecule has 0 saturated heterocycles. The van der Waals surface area contributed by atoms with Gasteiger partial charge in [0.2, 0.25) is 0 Å². The fourth-order valence-electron chi connectivity index (χ4n) is 3.12. The Morgan fingerprint density at radius 3 is 2.09 bits per heavy atom. The summed E-state index contributed by atoms with van der Waals surface area (Å²) >= 11 is 0. The molecule has 5 rings (SSSR count). The molecule has 2 nitrogen and oxygen atoms in total. The summed E-state index contributed by atoms with van der Waals surface area (Å²) in [6.07, 6.45) is 3.03. The van der Waals surface area contributed by atoms with Crippen LogP contribution in [0.2, 0.25) is 0 Å². The molecule has 2 aromatic heterocycles. The predicted octanol–water partition coefficient (Wildman–Crippen LogP) is 7.52. The smallest absolute Gasteiger partial charge is 0.126 e. The zero-order valence-electron chi connectivity index (χ0n) is 23.9. The first-order valence-corrected chi connectivity index (χ1v) is 10.2. The molecule has 0 fully saturated rings. The monoisotopic (exact) mass is 629 g/mol. The van der Waals surface area contributed by atoms with Gasteiger partial charge in [0.25, 0.3) is 0 Å². The van der Waals surface area contributed by atoms with E-state index in [4.69, 9.17) is 8.22 Å². The van der Waals surface area contributed by atoms with Crippen molar-refractivity contribution in [3.05, 3.63) is 132 Å². The van der Waals surface area contributed by atoms with Crippen LogP contribution in [0.5, 0.6) is 0 Å². The molecule has 0 aliphatic heterocycles. The average Bonchev–Trinajstić information content (AvgIpc) is 2.94. The van der Waals surface area contributed by atoms with Crippen molar-refractivity contribution in [1.82, 2.24) is 9.97 Å². The number of hydrogen-bond donors (Lipinski definition) is 0. The summed E-state index contributed by atoms with van der Waals surface area (Å²) in [5, 5.41) is 0. The molecular weight excluding hydrogens is 600 g/mol. The number of rotatable bonds is 3. The molecule has 0 amide bonds. The number of nitrogens with zero attached hydrogens (tertiary/aromatic N) is 2. The van der Waals surface area contributed by atoms with E-state index in [0.29, 0.717) is 5.56 Å². The Morgan fingerprint density at radius 1 is 0.735 bits per heavy atom. The van der Waals surface area contributed by atoms with E-state index >= 15 is 0 Å². The van der Waals surface area contributed by atoms with Gasteiger partial charge in [0.1, 0.15) is 5.82 Å². The molecule has 171 valence electrons. The van der Waals surface area contributed by atoms with Gasteiger partial charge in [0.15, 0.2) is 0 Å². The molecule has 0 unspecified atom stereocenters. The van der Waals surface area contributed by atoms with E-state index in [1.54, 1.807) is 42.6 Å². The summed E-state index contributed by atoms with van der Waals surface area (Å²) in [4.78, 5) is 8.43. The number of hydrogen-bond acceptors (Lipinski definition) is 2. The van der Waals surface area contributed by atoms with Crippen molar-refractivity contribution in [3.63, 3.8) is 0 Å². The van der Waals surface area contributed by atoms with E-state index in [-0.39, 0.29) is 31.2 Å². The fraction of sp³-hybridized carbons (Fsp3) is 0.0667. The SMILES string of the molecule is [2H]C([2H])([2H])c1cc(-c2ccnc(-c3[c-]cccc3)c2)ccc1F.[2H]C([2H])([2H])c1ccc(-c2[c-]cccc2)nc1.[Ir]. The molecule has 0 N–H and O–H groups in total. The Labute approximate surface area is 222 Å². The fourth-order valence-corrected chi connectivity index (χ4v) is 3.12. The normalized spacial score (nSPS) is 13.3. The molecule has 0 spiro atoms. The van der Waals surface area contributed by atoms with Crippen LogP contribution in [-0.4, -0.2) is 9.97 Å². The second-order valence-corrected chi connectivity index (χ2v) is 7.11. The second kappa shape index (κ2) is 12.1. The maximum atomic E-state index is 13.7. The standard InChI is InChI=1S/C18H13FN.C12H10N.Ir/c1-13-11-15(7-8-17(13)19)16-9-10-20-18(12-16)14-5-3-2-4-6-14;1-10-7-8-12(13-9-10)11-5-3-2-4-6-11;/h2-5,7-12H,1H3;2-5,7-9H,1H3;/q2*-1;/i2*1D3;. The maximum Gasteiger partial charge on any atom is 0.126 e. The van der Waals surface area contributed by atoms with Crippen LogP contribution < -0.4 is 0 Å². The summed E-state index contributed by atoms with van der Waals surface area (Å²) in [6, 6.07) is 32.1. The van der Waals surface area contributed by atoms with Crippen molar-refractivity contribution in [1.29, 1.82) is 0 Å². The Bertz CT molecular complexity index is 1520. The van der Waals surface area contributed by atoms with Gasteiger partial charge in [-0.25, -0.2) is 4.39 Å². The second-order valence-electron chi connectivity index (χ2n) is 7.11. The van der Waals surface area contributed by atoms with Crippen LogP contribution in [0, 0.1) is 31.7 Å². The van der Waals surface area contributed by atoms with Crippen LogP contribution in [0.3, 0.4) is 0 Å². The molecule has 5 aromatic rings. The summed E-state index contributed by atoms with van der Waals surface area (Å²) in [5.74, 6) is -0.723. The topological polar surface area (TPSA) is 25.8 Å². The van der Waals surface area contributed by atoms with Crippen LogP contribution in [0.4, 0.5) is 4.39 Å². The minimum atomic E-state index is -2.48. The van der Waals surface area contributed by atoms with Gasteiger partial charge in [-0.15, -0.1) is 71.8 Å². The van der Waals surface area contributed by atoms with E-state index in [1.807, 2.05) is 42.5 Å². The van der Waals surface area contributed by atoms with Gasteiger partial charge in [0, 0.05) is 40.7 Å². The van der Waals surface area contributed by atoms with E-state index in [9.17, 15) is 4.39 Å². The Balaban J connectivity index is 0.000000229. The van der Waals surface area contributed by atoms with E-state index in [1.165, 1.54) is 18.3 Å². The third kappa shape index (κ3) is 6.54. The molecule has 0 saturated carbocycles. The molecule has 0 aliphatic carbocycles. The van der Waals surface area contributed by atoms with Crippen molar-refractivity contribution in [2.45, 2.75) is 13.7 Å². The first kappa shape index (κ1) is 17.9. The third-order valence-corrected chi connectivity index (χ3v) is 4.79. The van der Waals surface area contributed by atoms with Crippen molar-refractivity contribution in [2.75, 3.05) is 0 Å². The average molecular weight is 629 g/mol. The number of aryl methyl sites for hydroxylation is 2. The van der Waals surface area contributed by atoms with Crippen LogP contribution in [0.15, 0.2) is 103 Å². The van der Waals surface area contributed by atoms with E-state index in [2.05, 4.69) is 22.1 Å². The van der Waals surface area contributed by atoms with Gasteiger partial charge in [-0.2, -0.15) is 0 Å². The van der Waals surface area contributed by atoms with Crippen LogP contribution in [-0.2, 0) is 20.1 Å². The number of aromatic nitrogens is 2. The van der Waals surface area contributed by atoms with Crippen molar-refractivity contribution in [3.8, 4) is 33.6 Å². The van der Waals surface area contributed by atoms with Gasteiger partial charge < -0.3 is 9.97 Å². The molecule has 34 heavy (non-hydrogen) atoms. The predicted molar refractivity (Wildman–Crippen MR) is 132 cm³/mol. The van der Waals surface area contributed by atoms with Crippen molar-refractivity contribution < 1.29 is 32.7 Å². The number of benzene rings is 3. The molecular formula is C30H23FIrN2-2. The first-order valence-electron chi connectivity index (χ1n) is 13.2. The summed E-state index contributed by atoms with van der Waals surface area (Å²) in [5.41, 5.74) is 4.55. The summed E-state index contributed by atoms with van der Waals surface area (Å²) in [7, 11) is 0. The van der Waals surface area contributed by atoms with Crippen molar-refractivity contribution in [2.24, 2.45) is 0 Å². The zero-order valence-corrected chi connectivity index (χ0v) is 20.3. The number of halogens is 1. The Hall–Kier alpha value is -3.46. The quantitative estimate of drug-likeness (QED) is 0.193. The minimum absolute atomic E-state index is 0. The van der Waals surface area contributed by atoms with Crippen molar-refractivity contribution >= 4 is 0 Å². The minimum Gasteiger partial charge on any atom is -0.305 e. The molecule has 1 radical (unpaired) electrons. The van der Waals surface area contributed by atoms with E-state index < -0.39 is 19.5 Å². The van der Waals surface area contributed by atoms with Gasteiger partial charge in [-0.3, -0.25) is 0 Å². The molecule has 4 heteroatoms. The Kier molecular flexibility index (Phi) is 6.40. The Morgan fingerprint density at radius 2 is 1.47 bits per heavy atom. The number of pyridine rings is 2. The van der Waals surface area contributed by atoms with Crippen LogP contribution in [0.1, 0.15) is 19.4 Å². The molecule has 0 atom stereocenters. The van der Waals surface area contributed by atoms with Gasteiger partial charge in [0.05, 0.1) is 0 Å². The molecule has 3 aromatic carbocycles. The maximum absolute atomic E-state index is 13.7. The molecule has 0 bridgehead atoms. The molecule has 2 heterocycles. The zero-order chi connectivity index (χ0) is 28.0. The summed E-state index contributed by atoms with van der Waals surface area (Å²) in [6.45, 7) is -4.57. The van der Waals surface area contributed by atoms with Gasteiger partial charge >= 0.3 is 0 Å². The van der Waals surface area contributed by atoms with Crippen LogP contribution in [0.25, 0.3) is 33.6 Å². The summed E-state index contributed by atoms with van der Waals surface area (Å²) < 4.78 is 57.7. The molecule has 0 aliphatic rings. The van der Waals surface area contributed by atoms with Gasteiger partial charge in [-0.1, -0.05) is 24.3 Å². The van der Waals surface area contributed by atoms with Crippen LogP contribution >= 0.6 is 0 Å². The third-order valence-electron chi connectivity index (χ3n) is 4.79. The van der Waals surface area contributed by atoms with Gasteiger partial charge in [-0.05, 0) is 65.5 Å². The van der Waals surface area contributed by atoms with E-state index in [0.717, 1.165) is 28.1 Å².